The fourth-order valence-corrected chi connectivity index (χ4v) is 4.00. The van der Waals surface area contributed by atoms with Crippen LogP contribution in [0.5, 0.6) is 0 Å². The Morgan fingerprint density at radius 1 is 0.966 bits per heavy atom. The maximum absolute atomic E-state index is 14.5. The molecule has 1 fully saturated rings. The Morgan fingerprint density at radius 2 is 1.55 bits per heavy atom. The van der Waals surface area contributed by atoms with Crippen LogP contribution in [-0.2, 0) is 16.0 Å². The zero-order valence-electron chi connectivity index (χ0n) is 14.7. The SMILES string of the molecule is Fc1c(Cl)cc(C2(C(F)(F)F)CC(c3ccc(C4(F)CNC4)cc3)=CO2)cc1Cl. The first-order valence-corrected chi connectivity index (χ1v) is 9.40. The highest BCUT2D eigenvalue weighted by molar-refractivity contribution is 6.35. The number of hydrogen-bond donors (Lipinski definition) is 1. The zero-order valence-corrected chi connectivity index (χ0v) is 16.2. The molecule has 2 aliphatic rings. The van der Waals surface area contributed by atoms with Gasteiger partial charge in [-0.05, 0) is 28.8 Å². The molecule has 1 unspecified atom stereocenters. The average molecular weight is 450 g/mol. The molecule has 2 heterocycles. The van der Waals surface area contributed by atoms with E-state index in [2.05, 4.69) is 5.32 Å². The lowest BCUT2D eigenvalue weighted by Crippen LogP contribution is -2.53. The lowest BCUT2D eigenvalue weighted by atomic mass is 9.85. The van der Waals surface area contributed by atoms with Gasteiger partial charge in [0, 0.05) is 25.1 Å². The standard InChI is InChI=1S/C20H14Cl2F5NO/c21-15-5-14(6-16(22)17(15)23)19(20(25,26)27)7-12(8-29-19)11-1-3-13(4-2-11)18(24)9-28-10-18/h1-6,8,28H,7,9-10H2. The van der Waals surface area contributed by atoms with Gasteiger partial charge in [-0.15, -0.1) is 0 Å². The van der Waals surface area contributed by atoms with E-state index >= 15 is 0 Å². The molecular formula is C20H14Cl2F5NO. The Bertz CT molecular complexity index is 962. The van der Waals surface area contributed by atoms with Crippen molar-refractivity contribution in [3.8, 4) is 0 Å². The highest BCUT2D eigenvalue weighted by atomic mass is 35.5. The number of alkyl halides is 4. The largest absolute Gasteiger partial charge is 0.480 e. The van der Waals surface area contributed by atoms with Crippen molar-refractivity contribution in [1.82, 2.24) is 5.32 Å². The van der Waals surface area contributed by atoms with Gasteiger partial charge in [-0.2, -0.15) is 13.2 Å². The Labute approximate surface area is 173 Å². The van der Waals surface area contributed by atoms with Gasteiger partial charge in [0.25, 0.3) is 0 Å². The van der Waals surface area contributed by atoms with E-state index in [0.29, 0.717) is 11.1 Å². The fourth-order valence-electron chi connectivity index (χ4n) is 3.51. The van der Waals surface area contributed by atoms with Crippen molar-refractivity contribution in [3.63, 3.8) is 0 Å². The number of ether oxygens (including phenoxy) is 1. The van der Waals surface area contributed by atoms with Crippen LogP contribution < -0.4 is 5.32 Å². The first-order valence-electron chi connectivity index (χ1n) is 8.65. The monoisotopic (exact) mass is 449 g/mol. The summed E-state index contributed by atoms with van der Waals surface area (Å²) in [6.07, 6.45) is -4.36. The van der Waals surface area contributed by atoms with Gasteiger partial charge >= 0.3 is 6.18 Å². The van der Waals surface area contributed by atoms with Crippen LogP contribution in [-0.4, -0.2) is 19.3 Å². The molecule has 0 aromatic heterocycles. The van der Waals surface area contributed by atoms with Gasteiger partial charge in [-0.25, -0.2) is 8.78 Å². The van der Waals surface area contributed by atoms with E-state index in [-0.39, 0.29) is 18.7 Å². The van der Waals surface area contributed by atoms with Crippen molar-refractivity contribution in [3.05, 3.63) is 75.2 Å². The maximum atomic E-state index is 14.5. The molecule has 1 N–H and O–H groups in total. The van der Waals surface area contributed by atoms with Crippen LogP contribution in [0.25, 0.3) is 5.57 Å². The summed E-state index contributed by atoms with van der Waals surface area (Å²) in [6, 6.07) is 7.95. The molecular weight excluding hydrogens is 436 g/mol. The summed E-state index contributed by atoms with van der Waals surface area (Å²) < 4.78 is 75.4. The first-order chi connectivity index (χ1) is 13.6. The van der Waals surface area contributed by atoms with Crippen LogP contribution in [0, 0.1) is 5.82 Å². The summed E-state index contributed by atoms with van der Waals surface area (Å²) in [5, 5.41) is 1.79. The third-order valence-electron chi connectivity index (χ3n) is 5.33. The Balaban J connectivity index is 1.67. The summed E-state index contributed by atoms with van der Waals surface area (Å²) in [6.45, 7) is 0.392. The van der Waals surface area contributed by atoms with Gasteiger partial charge in [0.2, 0.25) is 5.60 Å². The molecule has 1 atom stereocenters. The van der Waals surface area contributed by atoms with Crippen molar-refractivity contribution in [2.45, 2.75) is 23.9 Å². The molecule has 0 saturated carbocycles. The van der Waals surface area contributed by atoms with Crippen LogP contribution in [0.2, 0.25) is 10.0 Å². The third-order valence-corrected chi connectivity index (χ3v) is 5.88. The highest BCUT2D eigenvalue weighted by Crippen LogP contribution is 2.53. The zero-order chi connectivity index (χ0) is 21.0. The molecule has 154 valence electrons. The minimum absolute atomic E-state index is 0.196. The number of nitrogens with one attached hydrogen (secondary N) is 1. The third kappa shape index (κ3) is 3.29. The van der Waals surface area contributed by atoms with Gasteiger partial charge in [-0.3, -0.25) is 0 Å². The van der Waals surface area contributed by atoms with Crippen LogP contribution in [0.4, 0.5) is 22.0 Å². The predicted molar refractivity (Wildman–Crippen MR) is 99.9 cm³/mol. The molecule has 0 radical (unpaired) electrons. The highest BCUT2D eigenvalue weighted by Gasteiger charge is 2.60. The average Bonchev–Trinajstić information content (AvgIpc) is 3.11. The van der Waals surface area contributed by atoms with E-state index in [4.69, 9.17) is 27.9 Å². The van der Waals surface area contributed by atoms with Crippen molar-refractivity contribution in [2.24, 2.45) is 0 Å². The van der Waals surface area contributed by atoms with Crippen molar-refractivity contribution in [1.29, 1.82) is 0 Å². The lowest BCUT2D eigenvalue weighted by Gasteiger charge is -2.35. The van der Waals surface area contributed by atoms with Crippen LogP contribution in [0.3, 0.4) is 0 Å². The van der Waals surface area contributed by atoms with Gasteiger partial charge < -0.3 is 10.1 Å². The molecule has 0 aliphatic carbocycles. The second-order valence-electron chi connectivity index (χ2n) is 7.16. The molecule has 29 heavy (non-hydrogen) atoms. The summed E-state index contributed by atoms with van der Waals surface area (Å²) in [5.41, 5.74) is -3.41. The quantitative estimate of drug-likeness (QED) is 0.450. The Morgan fingerprint density at radius 3 is 2.03 bits per heavy atom. The van der Waals surface area contributed by atoms with E-state index in [9.17, 15) is 22.0 Å². The maximum Gasteiger partial charge on any atom is 0.432 e. The number of rotatable bonds is 3. The van der Waals surface area contributed by atoms with Crippen LogP contribution in [0.15, 0.2) is 42.7 Å². The predicted octanol–water partition coefficient (Wildman–Crippen LogP) is 6.12. The van der Waals surface area contributed by atoms with Crippen molar-refractivity contribution < 1.29 is 26.7 Å². The van der Waals surface area contributed by atoms with E-state index < -0.39 is 45.3 Å². The lowest BCUT2D eigenvalue weighted by molar-refractivity contribution is -0.260. The van der Waals surface area contributed by atoms with E-state index in [1.807, 2.05) is 0 Å². The smallest absolute Gasteiger partial charge is 0.432 e. The van der Waals surface area contributed by atoms with Crippen LogP contribution >= 0.6 is 23.2 Å². The summed E-state index contributed by atoms with van der Waals surface area (Å²) in [7, 11) is 0. The minimum Gasteiger partial charge on any atom is -0.480 e. The molecule has 2 nitrogen and oxygen atoms in total. The summed E-state index contributed by atoms with van der Waals surface area (Å²) in [4.78, 5) is 0. The fraction of sp³-hybridized carbons (Fsp3) is 0.300. The van der Waals surface area contributed by atoms with E-state index in [0.717, 1.165) is 18.4 Å². The molecule has 2 aliphatic heterocycles. The number of benzene rings is 2. The van der Waals surface area contributed by atoms with Crippen molar-refractivity contribution in [2.75, 3.05) is 13.1 Å². The second-order valence-corrected chi connectivity index (χ2v) is 7.98. The number of hydrogen-bond acceptors (Lipinski definition) is 2. The molecule has 0 bridgehead atoms. The Hall–Kier alpha value is -1.83. The van der Waals surface area contributed by atoms with Gasteiger partial charge in [-0.1, -0.05) is 47.5 Å². The summed E-state index contributed by atoms with van der Waals surface area (Å²) >= 11 is 11.4. The molecule has 4 rings (SSSR count). The first kappa shape index (κ1) is 20.4. The second kappa shape index (κ2) is 6.86. The van der Waals surface area contributed by atoms with Gasteiger partial charge in [0.1, 0.15) is 0 Å². The summed E-state index contributed by atoms with van der Waals surface area (Å²) in [5.74, 6) is -0.998. The van der Waals surface area contributed by atoms with Gasteiger partial charge in [0.15, 0.2) is 11.5 Å². The van der Waals surface area contributed by atoms with E-state index in [1.165, 1.54) is 0 Å². The molecule has 1 saturated heterocycles. The Kier molecular flexibility index (Phi) is 4.83. The molecule has 9 heteroatoms. The van der Waals surface area contributed by atoms with E-state index in [1.54, 1.807) is 24.3 Å². The topological polar surface area (TPSA) is 21.3 Å². The van der Waals surface area contributed by atoms with Crippen molar-refractivity contribution >= 4 is 28.8 Å². The normalized spacial score (nSPS) is 23.3. The minimum atomic E-state index is -4.82. The molecule has 2 aromatic carbocycles. The molecule has 2 aromatic rings. The number of halogens is 7. The molecule has 0 amide bonds. The van der Waals surface area contributed by atoms with Gasteiger partial charge in [0.05, 0.1) is 16.3 Å². The molecule has 0 spiro atoms. The van der Waals surface area contributed by atoms with Crippen LogP contribution in [0.1, 0.15) is 23.1 Å².